The molecule has 0 radical (unpaired) electrons. The van der Waals surface area contributed by atoms with E-state index >= 15 is 0 Å². The molecule has 1 atom stereocenters. The molecule has 0 saturated carbocycles. The second-order valence-corrected chi connectivity index (χ2v) is 4.78. The summed E-state index contributed by atoms with van der Waals surface area (Å²) in [6.45, 7) is 4.68. The molecule has 114 valence electrons. The Labute approximate surface area is 125 Å². The van der Waals surface area contributed by atoms with Crippen molar-refractivity contribution in [1.82, 2.24) is 10.3 Å². The monoisotopic (exact) mass is 290 g/mol. The van der Waals surface area contributed by atoms with Gasteiger partial charge in [-0.3, -0.25) is 0 Å². The first-order valence-corrected chi connectivity index (χ1v) is 7.06. The van der Waals surface area contributed by atoms with Crippen molar-refractivity contribution < 1.29 is 13.9 Å². The van der Waals surface area contributed by atoms with E-state index in [4.69, 9.17) is 13.9 Å². The summed E-state index contributed by atoms with van der Waals surface area (Å²) in [5, 5.41) is 3.39. The minimum atomic E-state index is 0.0898. The van der Waals surface area contributed by atoms with Crippen LogP contribution in [0.4, 0.5) is 0 Å². The fraction of sp³-hybridized carbons (Fsp3) is 0.438. The van der Waals surface area contributed by atoms with Crippen LogP contribution in [-0.4, -0.2) is 19.2 Å². The van der Waals surface area contributed by atoms with Gasteiger partial charge < -0.3 is 19.2 Å². The van der Waals surface area contributed by atoms with E-state index in [1.165, 1.54) is 0 Å². The number of hydrogen-bond donors (Lipinski definition) is 1. The molecule has 21 heavy (non-hydrogen) atoms. The van der Waals surface area contributed by atoms with Crippen LogP contribution < -0.4 is 14.8 Å². The Morgan fingerprint density at radius 3 is 2.71 bits per heavy atom. The highest BCUT2D eigenvalue weighted by atomic mass is 16.5. The van der Waals surface area contributed by atoms with Crippen molar-refractivity contribution in [3.8, 4) is 11.5 Å². The lowest BCUT2D eigenvalue weighted by Gasteiger charge is -2.17. The van der Waals surface area contributed by atoms with Gasteiger partial charge in [-0.25, -0.2) is 4.98 Å². The molecule has 2 aromatic rings. The van der Waals surface area contributed by atoms with Crippen LogP contribution in [0, 0.1) is 0 Å². The maximum absolute atomic E-state index is 5.59. The lowest BCUT2D eigenvalue weighted by Crippen LogP contribution is -2.19. The third-order valence-corrected chi connectivity index (χ3v) is 3.41. The van der Waals surface area contributed by atoms with E-state index in [0.29, 0.717) is 12.4 Å². The van der Waals surface area contributed by atoms with Gasteiger partial charge in [0, 0.05) is 18.0 Å². The van der Waals surface area contributed by atoms with Gasteiger partial charge >= 0.3 is 0 Å². The molecule has 5 nitrogen and oxygen atoms in total. The highest BCUT2D eigenvalue weighted by molar-refractivity contribution is 5.42. The van der Waals surface area contributed by atoms with E-state index in [-0.39, 0.29) is 6.04 Å². The molecular formula is C16H22N2O3. The van der Waals surface area contributed by atoms with Gasteiger partial charge in [0.15, 0.2) is 0 Å². The van der Waals surface area contributed by atoms with Crippen LogP contribution in [0.15, 0.2) is 28.8 Å². The zero-order chi connectivity index (χ0) is 15.2. The number of aryl methyl sites for hydroxylation is 1. The predicted molar refractivity (Wildman–Crippen MR) is 80.7 cm³/mol. The number of oxazole rings is 1. The Morgan fingerprint density at radius 2 is 2.10 bits per heavy atom. The fourth-order valence-corrected chi connectivity index (χ4v) is 2.12. The molecule has 0 spiro atoms. The number of nitrogens with one attached hydrogen (secondary N) is 1. The molecular weight excluding hydrogens is 268 g/mol. The maximum Gasteiger partial charge on any atom is 0.208 e. The van der Waals surface area contributed by atoms with Crippen molar-refractivity contribution in [2.45, 2.75) is 32.9 Å². The second-order valence-electron chi connectivity index (χ2n) is 4.78. The number of ether oxygens (including phenoxy) is 2. The molecule has 1 unspecified atom stereocenters. The van der Waals surface area contributed by atoms with Gasteiger partial charge in [0.25, 0.3) is 0 Å². The number of aromatic nitrogens is 1. The second kappa shape index (κ2) is 7.13. The normalized spacial score (nSPS) is 12.2. The molecule has 0 aliphatic heterocycles. The first kappa shape index (κ1) is 15.4. The van der Waals surface area contributed by atoms with Crippen molar-refractivity contribution in [2.24, 2.45) is 0 Å². The average Bonchev–Trinajstić information content (AvgIpc) is 3.00. The quantitative estimate of drug-likeness (QED) is 0.849. The van der Waals surface area contributed by atoms with E-state index < -0.39 is 0 Å². The van der Waals surface area contributed by atoms with Gasteiger partial charge in [-0.1, -0.05) is 6.92 Å². The third-order valence-electron chi connectivity index (χ3n) is 3.41. The van der Waals surface area contributed by atoms with E-state index in [9.17, 15) is 0 Å². The van der Waals surface area contributed by atoms with Crippen molar-refractivity contribution in [2.75, 3.05) is 14.2 Å². The van der Waals surface area contributed by atoms with Crippen molar-refractivity contribution in [3.63, 3.8) is 0 Å². The number of nitrogens with zero attached hydrogens (tertiary/aromatic N) is 1. The highest BCUT2D eigenvalue weighted by Crippen LogP contribution is 2.29. The molecule has 2 rings (SSSR count). The summed E-state index contributed by atoms with van der Waals surface area (Å²) in [5.74, 6) is 3.24. The molecule has 1 aromatic heterocycles. The van der Waals surface area contributed by atoms with Crippen molar-refractivity contribution in [3.05, 3.63) is 41.6 Å². The Balaban J connectivity index is 2.06. The number of rotatable bonds is 7. The number of methoxy groups -OCH3 is 2. The van der Waals surface area contributed by atoms with E-state index in [2.05, 4.69) is 17.2 Å². The van der Waals surface area contributed by atoms with Crippen LogP contribution in [-0.2, 0) is 13.0 Å². The summed E-state index contributed by atoms with van der Waals surface area (Å²) in [7, 11) is 3.32. The van der Waals surface area contributed by atoms with E-state index in [1.807, 2.05) is 25.1 Å². The van der Waals surface area contributed by atoms with Crippen LogP contribution in [0.1, 0.15) is 37.1 Å². The summed E-state index contributed by atoms with van der Waals surface area (Å²) >= 11 is 0. The topological polar surface area (TPSA) is 56.5 Å². The molecule has 1 N–H and O–H groups in total. The van der Waals surface area contributed by atoms with Crippen LogP contribution >= 0.6 is 0 Å². The predicted octanol–water partition coefficient (Wildman–Crippen LogP) is 3.11. The van der Waals surface area contributed by atoms with Crippen LogP contribution in [0.3, 0.4) is 0 Å². The molecule has 1 aromatic carbocycles. The smallest absolute Gasteiger partial charge is 0.208 e. The minimum Gasteiger partial charge on any atom is -0.497 e. The third kappa shape index (κ3) is 3.76. The van der Waals surface area contributed by atoms with Gasteiger partial charge in [-0.2, -0.15) is 0 Å². The summed E-state index contributed by atoms with van der Waals surface area (Å²) in [5.41, 5.74) is 1.04. The minimum absolute atomic E-state index is 0.0898. The van der Waals surface area contributed by atoms with Gasteiger partial charge in [0.05, 0.1) is 27.0 Å². The van der Waals surface area contributed by atoms with Crippen molar-refractivity contribution >= 4 is 0 Å². The standard InChI is InChI=1S/C16H22N2O3/c1-5-12-9-18-16(21-12)10-17-11(2)14-8-13(19-3)6-7-15(14)20-4/h6-9,11,17H,5,10H2,1-4H3. The first-order chi connectivity index (χ1) is 10.2. The maximum atomic E-state index is 5.59. The Morgan fingerprint density at radius 1 is 1.29 bits per heavy atom. The van der Waals surface area contributed by atoms with E-state index in [0.717, 1.165) is 29.2 Å². The fourth-order valence-electron chi connectivity index (χ4n) is 2.12. The molecule has 5 heteroatoms. The van der Waals surface area contributed by atoms with Crippen molar-refractivity contribution in [1.29, 1.82) is 0 Å². The Bertz CT molecular complexity index is 581. The first-order valence-electron chi connectivity index (χ1n) is 7.06. The molecule has 1 heterocycles. The zero-order valence-electron chi connectivity index (χ0n) is 13.0. The van der Waals surface area contributed by atoms with Gasteiger partial charge in [-0.15, -0.1) is 0 Å². The zero-order valence-corrected chi connectivity index (χ0v) is 13.0. The van der Waals surface area contributed by atoms with Crippen LogP contribution in [0.25, 0.3) is 0 Å². The number of benzene rings is 1. The summed E-state index contributed by atoms with van der Waals surface area (Å²) in [6.07, 6.45) is 2.63. The Kier molecular flexibility index (Phi) is 5.22. The molecule has 0 aliphatic carbocycles. The molecule has 0 fully saturated rings. The molecule has 0 saturated heterocycles. The molecule has 0 aliphatic rings. The summed E-state index contributed by atoms with van der Waals surface area (Å²) < 4.78 is 16.3. The average molecular weight is 290 g/mol. The summed E-state index contributed by atoms with van der Waals surface area (Å²) in [6, 6.07) is 5.86. The van der Waals surface area contributed by atoms with Gasteiger partial charge in [0.2, 0.25) is 5.89 Å². The lowest BCUT2D eigenvalue weighted by atomic mass is 10.1. The molecule has 0 bridgehead atoms. The van der Waals surface area contributed by atoms with Gasteiger partial charge in [0.1, 0.15) is 17.3 Å². The number of hydrogen-bond acceptors (Lipinski definition) is 5. The lowest BCUT2D eigenvalue weighted by molar-refractivity contribution is 0.385. The summed E-state index contributed by atoms with van der Waals surface area (Å²) in [4.78, 5) is 4.24. The Hall–Kier alpha value is -2.01. The van der Waals surface area contributed by atoms with E-state index in [1.54, 1.807) is 20.4 Å². The van der Waals surface area contributed by atoms with Crippen LogP contribution in [0.5, 0.6) is 11.5 Å². The SMILES string of the molecule is CCc1cnc(CNC(C)c2cc(OC)ccc2OC)o1. The largest absolute Gasteiger partial charge is 0.497 e. The van der Waals surface area contributed by atoms with Gasteiger partial charge in [-0.05, 0) is 25.1 Å². The molecule has 0 amide bonds. The highest BCUT2D eigenvalue weighted by Gasteiger charge is 2.13. The van der Waals surface area contributed by atoms with Crippen LogP contribution in [0.2, 0.25) is 0 Å².